The van der Waals surface area contributed by atoms with E-state index in [1.807, 2.05) is 5.32 Å². The first kappa shape index (κ1) is 13.6. The van der Waals surface area contributed by atoms with Gasteiger partial charge in [-0.3, -0.25) is 15.1 Å². The summed E-state index contributed by atoms with van der Waals surface area (Å²) in [5.41, 5.74) is 5.75. The topological polar surface area (TPSA) is 111 Å². The van der Waals surface area contributed by atoms with Crippen molar-refractivity contribution in [3.05, 3.63) is 29.6 Å². The lowest BCUT2D eigenvalue weighted by molar-refractivity contribution is -0.127. The lowest BCUT2D eigenvalue weighted by atomic mass is 10.2. The van der Waals surface area contributed by atoms with Crippen molar-refractivity contribution in [2.45, 2.75) is 20.0 Å². The van der Waals surface area contributed by atoms with Gasteiger partial charge in [-0.1, -0.05) is 0 Å². The van der Waals surface area contributed by atoms with Crippen LogP contribution in [0.3, 0.4) is 0 Å². The maximum atomic E-state index is 11.6. The van der Waals surface area contributed by atoms with Gasteiger partial charge in [-0.05, 0) is 26.0 Å². The molecule has 0 aliphatic rings. The third-order valence-corrected chi connectivity index (χ3v) is 2.05. The van der Waals surface area contributed by atoms with Crippen LogP contribution < -0.4 is 11.1 Å². The van der Waals surface area contributed by atoms with Crippen molar-refractivity contribution >= 4 is 17.9 Å². The molecule has 0 bridgehead atoms. The van der Waals surface area contributed by atoms with E-state index in [9.17, 15) is 14.4 Å². The van der Waals surface area contributed by atoms with Crippen molar-refractivity contribution in [2.75, 3.05) is 0 Å². The Labute approximate surface area is 103 Å². The highest BCUT2D eigenvalue weighted by atomic mass is 16.5. The Balaban J connectivity index is 2.62. The van der Waals surface area contributed by atoms with Crippen molar-refractivity contribution in [3.8, 4) is 0 Å². The van der Waals surface area contributed by atoms with Gasteiger partial charge in [0, 0.05) is 11.9 Å². The largest absolute Gasteiger partial charge is 0.449 e. The number of rotatable bonds is 3. The van der Waals surface area contributed by atoms with Crippen LogP contribution in [0.4, 0.5) is 4.79 Å². The number of imide groups is 1. The van der Waals surface area contributed by atoms with Crippen molar-refractivity contribution in [1.82, 2.24) is 10.3 Å². The van der Waals surface area contributed by atoms with E-state index in [1.165, 1.54) is 19.2 Å². The second kappa shape index (κ2) is 5.76. The van der Waals surface area contributed by atoms with Gasteiger partial charge < -0.3 is 10.5 Å². The summed E-state index contributed by atoms with van der Waals surface area (Å²) in [7, 11) is 0. The number of aromatic nitrogens is 1. The van der Waals surface area contributed by atoms with E-state index in [2.05, 4.69) is 4.98 Å². The van der Waals surface area contributed by atoms with Gasteiger partial charge in [0.25, 0.3) is 5.91 Å². The smallest absolute Gasteiger partial charge is 0.340 e. The summed E-state index contributed by atoms with van der Waals surface area (Å²) >= 11 is 0. The van der Waals surface area contributed by atoms with Gasteiger partial charge in [-0.15, -0.1) is 0 Å². The van der Waals surface area contributed by atoms with E-state index < -0.39 is 24.0 Å². The number of pyridine rings is 1. The minimum Gasteiger partial charge on any atom is -0.449 e. The summed E-state index contributed by atoms with van der Waals surface area (Å²) < 4.78 is 4.84. The molecule has 18 heavy (non-hydrogen) atoms. The van der Waals surface area contributed by atoms with Gasteiger partial charge in [-0.2, -0.15) is 0 Å². The van der Waals surface area contributed by atoms with Crippen LogP contribution in [-0.4, -0.2) is 29.0 Å². The number of primary amides is 1. The number of hydrogen-bond donors (Lipinski definition) is 2. The maximum absolute atomic E-state index is 11.6. The van der Waals surface area contributed by atoms with Crippen LogP contribution in [0, 0.1) is 6.92 Å². The molecule has 7 nitrogen and oxygen atoms in total. The molecule has 1 aromatic heterocycles. The number of nitrogens with zero attached hydrogens (tertiary/aromatic N) is 1. The third-order valence-electron chi connectivity index (χ3n) is 2.05. The predicted molar refractivity (Wildman–Crippen MR) is 61.6 cm³/mol. The lowest BCUT2D eigenvalue weighted by Gasteiger charge is -2.11. The van der Waals surface area contributed by atoms with Crippen LogP contribution in [0.15, 0.2) is 18.3 Å². The monoisotopic (exact) mass is 251 g/mol. The third kappa shape index (κ3) is 3.85. The first-order valence-corrected chi connectivity index (χ1v) is 5.14. The number of nitrogens with one attached hydrogen (secondary N) is 1. The van der Waals surface area contributed by atoms with Crippen LogP contribution in [0.2, 0.25) is 0 Å². The van der Waals surface area contributed by atoms with E-state index in [0.717, 1.165) is 5.69 Å². The van der Waals surface area contributed by atoms with Gasteiger partial charge in [0.05, 0.1) is 5.56 Å². The summed E-state index contributed by atoms with van der Waals surface area (Å²) in [5.74, 6) is -1.48. The van der Waals surface area contributed by atoms with Gasteiger partial charge in [0.2, 0.25) is 0 Å². The number of carbonyl (C=O) groups is 3. The lowest BCUT2D eigenvalue weighted by Crippen LogP contribution is -2.42. The second-order valence-corrected chi connectivity index (χ2v) is 3.59. The van der Waals surface area contributed by atoms with Gasteiger partial charge in [-0.25, -0.2) is 9.59 Å². The predicted octanol–water partition coefficient (Wildman–Crippen LogP) is 0.130. The fourth-order valence-corrected chi connectivity index (χ4v) is 1.09. The van der Waals surface area contributed by atoms with Crippen LogP contribution in [0.5, 0.6) is 0 Å². The molecular formula is C11H13N3O4. The molecule has 1 atom stereocenters. The zero-order valence-electron chi connectivity index (χ0n) is 9.97. The Kier molecular flexibility index (Phi) is 4.36. The van der Waals surface area contributed by atoms with Gasteiger partial charge >= 0.3 is 12.0 Å². The molecule has 1 heterocycles. The molecule has 0 unspecified atom stereocenters. The molecule has 3 N–H and O–H groups in total. The standard InChI is InChI=1S/C11H13N3O4/c1-6-3-4-8(5-13-6)10(16)18-7(2)9(15)14-11(12)17/h3-5,7H,1-2H3,(H3,12,14,15,17)/t7-/m1/s1. The van der Waals surface area contributed by atoms with Crippen molar-refractivity contribution in [3.63, 3.8) is 0 Å². The molecule has 96 valence electrons. The molecule has 0 saturated heterocycles. The minimum atomic E-state index is -1.12. The zero-order valence-corrected chi connectivity index (χ0v) is 9.97. The average Bonchev–Trinajstić information content (AvgIpc) is 2.28. The first-order chi connectivity index (χ1) is 8.40. The highest BCUT2D eigenvalue weighted by Crippen LogP contribution is 2.04. The molecular weight excluding hydrogens is 238 g/mol. The minimum absolute atomic E-state index is 0.222. The van der Waals surface area contributed by atoms with E-state index in [4.69, 9.17) is 10.5 Å². The molecule has 0 fully saturated rings. The molecule has 3 amide bonds. The normalized spacial score (nSPS) is 11.4. The summed E-state index contributed by atoms with van der Waals surface area (Å²) in [6.45, 7) is 3.11. The number of ether oxygens (including phenoxy) is 1. The Hall–Kier alpha value is -2.44. The van der Waals surface area contributed by atoms with E-state index in [0.29, 0.717) is 0 Å². The number of esters is 1. The van der Waals surface area contributed by atoms with Crippen molar-refractivity contribution in [2.24, 2.45) is 5.73 Å². The molecule has 0 radical (unpaired) electrons. The number of carbonyl (C=O) groups excluding carboxylic acids is 3. The summed E-state index contributed by atoms with van der Waals surface area (Å²) in [5, 5.41) is 1.82. The molecule has 0 spiro atoms. The first-order valence-electron chi connectivity index (χ1n) is 5.14. The van der Waals surface area contributed by atoms with E-state index >= 15 is 0 Å². The molecule has 1 aromatic rings. The van der Waals surface area contributed by atoms with Crippen LogP contribution in [0.1, 0.15) is 23.0 Å². The average molecular weight is 251 g/mol. The second-order valence-electron chi connectivity index (χ2n) is 3.59. The Morgan fingerprint density at radius 1 is 1.39 bits per heavy atom. The number of nitrogens with two attached hydrogens (primary N) is 1. The number of amides is 3. The van der Waals surface area contributed by atoms with Crippen molar-refractivity contribution < 1.29 is 19.1 Å². The molecule has 7 heteroatoms. The number of hydrogen-bond acceptors (Lipinski definition) is 5. The van der Waals surface area contributed by atoms with Gasteiger partial charge in [0.15, 0.2) is 6.10 Å². The molecule has 1 rings (SSSR count). The summed E-state index contributed by atoms with van der Waals surface area (Å²) in [4.78, 5) is 37.2. The van der Waals surface area contributed by atoms with Crippen LogP contribution in [-0.2, 0) is 9.53 Å². The van der Waals surface area contributed by atoms with E-state index in [-0.39, 0.29) is 5.56 Å². The van der Waals surface area contributed by atoms with Gasteiger partial charge in [0.1, 0.15) is 0 Å². The zero-order chi connectivity index (χ0) is 13.7. The Morgan fingerprint density at radius 3 is 2.56 bits per heavy atom. The highest BCUT2D eigenvalue weighted by Gasteiger charge is 2.19. The van der Waals surface area contributed by atoms with Crippen LogP contribution in [0.25, 0.3) is 0 Å². The number of urea groups is 1. The fourth-order valence-electron chi connectivity index (χ4n) is 1.09. The Bertz CT molecular complexity index is 470. The fraction of sp³-hybridized carbons (Fsp3) is 0.273. The highest BCUT2D eigenvalue weighted by molar-refractivity contribution is 5.97. The summed E-state index contributed by atoms with van der Waals surface area (Å²) in [6, 6.07) is 2.17. The molecule has 0 aliphatic carbocycles. The molecule has 0 aliphatic heterocycles. The van der Waals surface area contributed by atoms with Crippen LogP contribution >= 0.6 is 0 Å². The Morgan fingerprint density at radius 2 is 2.06 bits per heavy atom. The quantitative estimate of drug-likeness (QED) is 0.741. The molecule has 0 saturated carbocycles. The maximum Gasteiger partial charge on any atom is 0.340 e. The van der Waals surface area contributed by atoms with E-state index in [1.54, 1.807) is 13.0 Å². The van der Waals surface area contributed by atoms with Crippen molar-refractivity contribution in [1.29, 1.82) is 0 Å². The summed E-state index contributed by atoms with van der Waals surface area (Å²) in [6.07, 6.45) is 0.224. The SMILES string of the molecule is Cc1ccc(C(=O)O[C@H](C)C(=O)NC(N)=O)cn1. The molecule has 0 aromatic carbocycles. The number of aryl methyl sites for hydroxylation is 1.